The van der Waals surface area contributed by atoms with E-state index in [0.29, 0.717) is 0 Å². The molecule has 144 valence electrons. The molecule has 0 aromatic rings. The number of primary amides is 1. The van der Waals surface area contributed by atoms with E-state index in [-0.39, 0.29) is 45.5 Å². The number of ether oxygens (including phenoxy) is 1. The van der Waals surface area contributed by atoms with Crippen LogP contribution in [0.15, 0.2) is 0 Å². The third kappa shape index (κ3) is 8.09. The number of carbonyl (C=O) groups excluding carboxylic acids is 2. The molecule has 0 saturated carbocycles. The van der Waals surface area contributed by atoms with Gasteiger partial charge >= 0.3 is 75.3 Å². The minimum absolute atomic E-state index is 0. The average molecular weight is 455 g/mol. The molecule has 0 aromatic heterocycles. The number of carbonyl (C=O) groups is 6. The topological polar surface area (TPSA) is 239 Å². The summed E-state index contributed by atoms with van der Waals surface area (Å²) in [6.07, 6.45) is -5.57. The summed E-state index contributed by atoms with van der Waals surface area (Å²) in [4.78, 5) is 66.4. The van der Waals surface area contributed by atoms with E-state index in [4.69, 9.17) is 26.2 Å². The van der Waals surface area contributed by atoms with Gasteiger partial charge in [0.15, 0.2) is 5.60 Å². The van der Waals surface area contributed by atoms with Crippen molar-refractivity contribution in [3.8, 4) is 0 Å². The average Bonchev–Trinajstić information content (AvgIpc) is 2.34. The van der Waals surface area contributed by atoms with Crippen molar-refractivity contribution in [1.29, 1.82) is 0 Å². The fourth-order valence-electron chi connectivity index (χ4n) is 1.81. The Kier molecular flexibility index (Phi) is 10.6. The molecule has 7 N–H and O–H groups in total. The number of aliphatic carboxylic acids is 4. The number of carboxylic acid groups (broad SMARTS) is 4. The van der Waals surface area contributed by atoms with Crippen LogP contribution in [0.1, 0.15) is 25.7 Å². The quantitative estimate of drug-likeness (QED) is 0.131. The molecule has 0 aliphatic rings. The molecule has 0 rings (SSSR count). The van der Waals surface area contributed by atoms with E-state index in [9.17, 15) is 33.9 Å². The van der Waals surface area contributed by atoms with Crippen LogP contribution in [-0.4, -0.2) is 118 Å². The van der Waals surface area contributed by atoms with Crippen molar-refractivity contribution in [2.24, 2.45) is 5.73 Å². The van der Waals surface area contributed by atoms with Gasteiger partial charge in [-0.15, -0.1) is 0 Å². The number of hydrogen-bond donors (Lipinski definition) is 6. The summed E-state index contributed by atoms with van der Waals surface area (Å²) in [5.74, 6) is -10.8. The maximum absolute atomic E-state index is 11.8. The number of esters is 1. The van der Waals surface area contributed by atoms with E-state index in [1.807, 2.05) is 0 Å². The summed E-state index contributed by atoms with van der Waals surface area (Å²) in [7, 11) is 0. The zero-order chi connectivity index (χ0) is 20.0. The van der Waals surface area contributed by atoms with Gasteiger partial charge in [-0.3, -0.25) is 19.2 Å². The van der Waals surface area contributed by atoms with Crippen molar-refractivity contribution in [2.45, 2.75) is 36.9 Å². The Morgan fingerprint density at radius 1 is 0.769 bits per heavy atom. The summed E-state index contributed by atoms with van der Waals surface area (Å²) in [5, 5.41) is 44.9. The molecule has 0 radical (unpaired) electrons. The summed E-state index contributed by atoms with van der Waals surface area (Å²) < 4.78 is 4.41. The van der Waals surface area contributed by atoms with Gasteiger partial charge in [-0.25, -0.2) is 9.59 Å². The number of aliphatic hydroxyl groups is 1. The molecule has 26 heavy (non-hydrogen) atoms. The SMILES string of the molecule is NC(=O)CC(CC(=O)O)(OC(=O)CC(O)(CC(=O)O)C(=O)O)C(=O)O.[SrH2]. The second-order valence-corrected chi connectivity index (χ2v) is 5.07. The van der Waals surface area contributed by atoms with E-state index >= 15 is 0 Å². The number of hydrogen-bond acceptors (Lipinski definition) is 8. The molecule has 2 unspecified atom stereocenters. The first-order valence-corrected chi connectivity index (χ1v) is 6.37. The van der Waals surface area contributed by atoms with Gasteiger partial charge in [0.2, 0.25) is 11.5 Å². The van der Waals surface area contributed by atoms with Crippen molar-refractivity contribution in [3.05, 3.63) is 0 Å². The summed E-state index contributed by atoms with van der Waals surface area (Å²) in [6.45, 7) is 0. The van der Waals surface area contributed by atoms with Gasteiger partial charge in [0.1, 0.15) is 0 Å². The third-order valence-electron chi connectivity index (χ3n) is 2.87. The van der Waals surface area contributed by atoms with Crippen molar-refractivity contribution >= 4 is 81.2 Å². The molecule has 0 saturated heterocycles. The molecule has 0 aliphatic carbocycles. The summed E-state index contributed by atoms with van der Waals surface area (Å²) in [5.41, 5.74) is -1.28. The molecule has 0 aliphatic heterocycles. The molecule has 0 spiro atoms. The van der Waals surface area contributed by atoms with Crippen molar-refractivity contribution in [3.63, 3.8) is 0 Å². The van der Waals surface area contributed by atoms with Crippen molar-refractivity contribution in [1.82, 2.24) is 0 Å². The van der Waals surface area contributed by atoms with Crippen LogP contribution in [0.5, 0.6) is 0 Å². The Morgan fingerprint density at radius 2 is 1.23 bits per heavy atom. The fraction of sp³-hybridized carbons (Fsp3) is 0.500. The predicted octanol–water partition coefficient (Wildman–Crippen LogP) is -3.53. The first-order chi connectivity index (χ1) is 11.2. The van der Waals surface area contributed by atoms with E-state index in [1.165, 1.54) is 0 Å². The van der Waals surface area contributed by atoms with Crippen LogP contribution in [0.25, 0.3) is 0 Å². The van der Waals surface area contributed by atoms with E-state index in [0.717, 1.165) is 0 Å². The van der Waals surface area contributed by atoms with Crippen molar-refractivity contribution < 1.29 is 59.0 Å². The summed E-state index contributed by atoms with van der Waals surface area (Å²) in [6, 6.07) is 0. The third-order valence-corrected chi connectivity index (χ3v) is 2.87. The van der Waals surface area contributed by atoms with Crippen LogP contribution in [0, 0.1) is 0 Å². The number of rotatable bonds is 11. The Hall–Kier alpha value is -1.74. The minimum atomic E-state index is -3.14. The van der Waals surface area contributed by atoms with E-state index < -0.39 is 72.6 Å². The zero-order valence-electron chi connectivity index (χ0n) is 12.5. The van der Waals surface area contributed by atoms with Gasteiger partial charge in [-0.2, -0.15) is 0 Å². The molecule has 1 amide bonds. The molecule has 0 heterocycles. The molecular weight excluding hydrogens is 438 g/mol. The van der Waals surface area contributed by atoms with E-state index in [2.05, 4.69) is 4.74 Å². The Bertz CT molecular complexity index is 601. The van der Waals surface area contributed by atoms with Crippen LogP contribution >= 0.6 is 0 Å². The fourth-order valence-corrected chi connectivity index (χ4v) is 1.81. The molecule has 2 atom stereocenters. The maximum atomic E-state index is 11.8. The van der Waals surface area contributed by atoms with Crippen LogP contribution in [0.3, 0.4) is 0 Å². The van der Waals surface area contributed by atoms with E-state index in [1.54, 1.807) is 0 Å². The first-order valence-electron chi connectivity index (χ1n) is 6.37. The number of nitrogens with two attached hydrogens (primary N) is 1. The first kappa shape index (κ1) is 26.5. The normalized spacial score (nSPS) is 14.7. The number of amides is 1. The molecular formula is C12H17NO12Sr. The van der Waals surface area contributed by atoms with Gasteiger partial charge in [0.25, 0.3) is 0 Å². The van der Waals surface area contributed by atoms with Crippen LogP contribution in [0.2, 0.25) is 0 Å². The Morgan fingerprint density at radius 3 is 1.54 bits per heavy atom. The molecule has 14 heteroatoms. The van der Waals surface area contributed by atoms with Crippen LogP contribution in [-0.2, 0) is 33.5 Å². The Labute approximate surface area is 182 Å². The Balaban J connectivity index is 0. The second kappa shape index (κ2) is 10.4. The molecule has 0 bridgehead atoms. The second-order valence-electron chi connectivity index (χ2n) is 5.07. The van der Waals surface area contributed by atoms with Crippen LogP contribution < -0.4 is 5.73 Å². The predicted molar refractivity (Wildman–Crippen MR) is 80.5 cm³/mol. The number of carboxylic acids is 4. The van der Waals surface area contributed by atoms with Gasteiger partial charge < -0.3 is 36.0 Å². The van der Waals surface area contributed by atoms with Gasteiger partial charge in [0, 0.05) is 0 Å². The molecule has 0 aromatic carbocycles. The zero-order valence-corrected chi connectivity index (χ0v) is 12.5. The summed E-state index contributed by atoms with van der Waals surface area (Å²) >= 11 is 0. The van der Waals surface area contributed by atoms with Crippen molar-refractivity contribution in [2.75, 3.05) is 0 Å². The van der Waals surface area contributed by atoms with Gasteiger partial charge in [-0.1, -0.05) is 0 Å². The molecule has 13 nitrogen and oxygen atoms in total. The monoisotopic (exact) mass is 455 g/mol. The van der Waals surface area contributed by atoms with Gasteiger partial charge in [0.05, 0.1) is 25.7 Å². The standard InChI is InChI=1S/C12H15NO12.Sr.2H/c13-5(14)1-12(10(22)23,3-7(17)18)25-8(19)4-11(24,9(20)21)2-6(15)16;;;/h24H,1-4H2,(H2,13,14)(H,15,16)(H,17,18)(H,20,21)(H,22,23);;;. The molecule has 0 fully saturated rings. The van der Waals surface area contributed by atoms with Gasteiger partial charge in [-0.05, 0) is 0 Å². The van der Waals surface area contributed by atoms with Crippen LogP contribution in [0.4, 0.5) is 0 Å².